The smallest absolute Gasteiger partial charge is 0.311 e. The molecule has 0 unspecified atom stereocenters. The second kappa shape index (κ2) is 6.45. The Balaban J connectivity index is 1.43. The molecule has 0 N–H and O–H groups in total. The second-order valence-corrected chi connectivity index (χ2v) is 8.51. The molecule has 0 aromatic rings. The first-order valence-corrected chi connectivity index (χ1v) is 9.25. The zero-order chi connectivity index (χ0) is 16.6. The topological polar surface area (TPSA) is 52.6 Å². The van der Waals surface area contributed by atoms with Gasteiger partial charge in [-0.25, -0.2) is 0 Å². The fourth-order valence-corrected chi connectivity index (χ4v) is 4.85. The van der Waals surface area contributed by atoms with Gasteiger partial charge in [-0.05, 0) is 76.0 Å². The molecule has 4 aliphatic carbocycles. The van der Waals surface area contributed by atoms with Crippen LogP contribution in [-0.2, 0) is 19.1 Å². The SMILES string of the molecule is CCC(C)(C)C(=O)OCCC(=O)OC1C2CC3CC(C2)CC1C3. The van der Waals surface area contributed by atoms with Crippen molar-refractivity contribution in [1.29, 1.82) is 0 Å². The second-order valence-electron chi connectivity index (χ2n) is 8.51. The number of ether oxygens (including phenoxy) is 2. The molecule has 4 bridgehead atoms. The molecule has 0 radical (unpaired) electrons. The molecular formula is C19H30O4. The van der Waals surface area contributed by atoms with Crippen molar-refractivity contribution in [2.24, 2.45) is 29.1 Å². The molecule has 0 aliphatic heterocycles. The van der Waals surface area contributed by atoms with E-state index in [0.717, 1.165) is 18.3 Å². The van der Waals surface area contributed by atoms with Crippen molar-refractivity contribution in [1.82, 2.24) is 0 Å². The fraction of sp³-hybridized carbons (Fsp3) is 0.895. The molecule has 4 saturated carbocycles. The first-order valence-electron chi connectivity index (χ1n) is 9.25. The van der Waals surface area contributed by atoms with Crippen LogP contribution in [0.4, 0.5) is 0 Å². The summed E-state index contributed by atoms with van der Waals surface area (Å²) in [5.74, 6) is 2.48. The molecule has 0 atom stereocenters. The summed E-state index contributed by atoms with van der Waals surface area (Å²) in [4.78, 5) is 24.0. The van der Waals surface area contributed by atoms with Gasteiger partial charge in [0.25, 0.3) is 0 Å². The zero-order valence-electron chi connectivity index (χ0n) is 14.7. The quantitative estimate of drug-likeness (QED) is 0.699. The van der Waals surface area contributed by atoms with Crippen LogP contribution in [0.25, 0.3) is 0 Å². The molecule has 0 spiro atoms. The number of carbonyl (C=O) groups excluding carboxylic acids is 2. The minimum absolute atomic E-state index is 0.123. The average molecular weight is 322 g/mol. The summed E-state index contributed by atoms with van der Waals surface area (Å²) in [5, 5.41) is 0. The van der Waals surface area contributed by atoms with Crippen LogP contribution in [0.5, 0.6) is 0 Å². The van der Waals surface area contributed by atoms with Gasteiger partial charge in [-0.2, -0.15) is 0 Å². The van der Waals surface area contributed by atoms with Crippen LogP contribution < -0.4 is 0 Å². The highest BCUT2D eigenvalue weighted by Crippen LogP contribution is 2.54. The number of rotatable bonds is 6. The van der Waals surface area contributed by atoms with Crippen molar-refractivity contribution < 1.29 is 19.1 Å². The highest BCUT2D eigenvalue weighted by Gasteiger charge is 2.49. The van der Waals surface area contributed by atoms with E-state index < -0.39 is 5.41 Å². The van der Waals surface area contributed by atoms with Crippen LogP contribution in [0.1, 0.15) is 65.7 Å². The number of hydrogen-bond donors (Lipinski definition) is 0. The van der Waals surface area contributed by atoms with E-state index in [4.69, 9.17) is 9.47 Å². The van der Waals surface area contributed by atoms with Crippen molar-refractivity contribution in [3.05, 3.63) is 0 Å². The van der Waals surface area contributed by atoms with Gasteiger partial charge in [0.1, 0.15) is 12.7 Å². The van der Waals surface area contributed by atoms with Crippen LogP contribution in [0, 0.1) is 29.1 Å². The Labute approximate surface area is 139 Å². The monoisotopic (exact) mass is 322 g/mol. The molecule has 0 aromatic heterocycles. The van der Waals surface area contributed by atoms with Gasteiger partial charge in [0, 0.05) is 0 Å². The highest BCUT2D eigenvalue weighted by atomic mass is 16.6. The van der Waals surface area contributed by atoms with Gasteiger partial charge in [-0.15, -0.1) is 0 Å². The number of hydrogen-bond acceptors (Lipinski definition) is 4. The molecule has 0 heterocycles. The Morgan fingerprint density at radius 2 is 1.57 bits per heavy atom. The van der Waals surface area contributed by atoms with E-state index in [1.807, 2.05) is 20.8 Å². The summed E-state index contributed by atoms with van der Waals surface area (Å²) in [6, 6.07) is 0. The van der Waals surface area contributed by atoms with Crippen LogP contribution >= 0.6 is 0 Å². The fourth-order valence-electron chi connectivity index (χ4n) is 4.85. The Bertz CT molecular complexity index is 440. The van der Waals surface area contributed by atoms with Crippen molar-refractivity contribution in [3.8, 4) is 0 Å². The summed E-state index contributed by atoms with van der Waals surface area (Å²) in [5.41, 5.74) is -0.481. The summed E-state index contributed by atoms with van der Waals surface area (Å²) in [6.07, 6.45) is 7.39. The average Bonchev–Trinajstić information content (AvgIpc) is 2.50. The molecule has 23 heavy (non-hydrogen) atoms. The van der Waals surface area contributed by atoms with Gasteiger partial charge in [0.15, 0.2) is 0 Å². The Morgan fingerprint density at radius 1 is 1.00 bits per heavy atom. The molecule has 4 heteroatoms. The Hall–Kier alpha value is -1.06. The summed E-state index contributed by atoms with van der Waals surface area (Å²) >= 11 is 0. The van der Waals surface area contributed by atoms with Crippen molar-refractivity contribution in [2.45, 2.75) is 71.8 Å². The van der Waals surface area contributed by atoms with Crippen LogP contribution in [0.3, 0.4) is 0 Å². The predicted octanol–water partition coefficient (Wildman–Crippen LogP) is 3.72. The molecule has 0 saturated heterocycles. The summed E-state index contributed by atoms with van der Waals surface area (Å²) < 4.78 is 11.0. The van der Waals surface area contributed by atoms with Crippen LogP contribution in [0.15, 0.2) is 0 Å². The third-order valence-electron chi connectivity index (χ3n) is 6.38. The van der Waals surface area contributed by atoms with Gasteiger partial charge in [0.05, 0.1) is 11.8 Å². The van der Waals surface area contributed by atoms with Gasteiger partial charge in [0.2, 0.25) is 0 Å². The van der Waals surface area contributed by atoms with Gasteiger partial charge in [-0.1, -0.05) is 6.92 Å². The molecule has 4 aliphatic rings. The normalized spacial score (nSPS) is 35.2. The molecule has 4 fully saturated rings. The molecule has 0 amide bonds. The summed E-state index contributed by atoms with van der Waals surface area (Å²) in [6.45, 7) is 5.82. The van der Waals surface area contributed by atoms with E-state index in [1.165, 1.54) is 32.1 Å². The lowest BCUT2D eigenvalue weighted by Crippen LogP contribution is -2.50. The minimum atomic E-state index is -0.481. The maximum Gasteiger partial charge on any atom is 0.311 e. The van der Waals surface area contributed by atoms with E-state index >= 15 is 0 Å². The maximum absolute atomic E-state index is 12.1. The molecule has 0 aromatic carbocycles. The number of carbonyl (C=O) groups is 2. The van der Waals surface area contributed by atoms with E-state index in [-0.39, 0.29) is 31.1 Å². The Kier molecular flexibility index (Phi) is 4.70. The molecule has 4 nitrogen and oxygen atoms in total. The molecular weight excluding hydrogens is 292 g/mol. The standard InChI is InChI=1S/C19H30O4/c1-4-19(2,3)18(21)22-6-5-16(20)23-17-14-8-12-7-13(10-14)11-15(17)9-12/h12-15,17H,4-11H2,1-3H3. The predicted molar refractivity (Wildman–Crippen MR) is 86.6 cm³/mol. The van der Waals surface area contributed by atoms with E-state index in [2.05, 4.69) is 0 Å². The lowest BCUT2D eigenvalue weighted by Gasteiger charge is -2.53. The lowest BCUT2D eigenvalue weighted by molar-refractivity contribution is -0.172. The van der Waals surface area contributed by atoms with Gasteiger partial charge in [-0.3, -0.25) is 9.59 Å². The van der Waals surface area contributed by atoms with E-state index in [0.29, 0.717) is 11.8 Å². The maximum atomic E-state index is 12.1. The zero-order valence-corrected chi connectivity index (χ0v) is 14.7. The first-order chi connectivity index (χ1) is 10.9. The minimum Gasteiger partial charge on any atom is -0.465 e. The van der Waals surface area contributed by atoms with Crippen LogP contribution in [-0.4, -0.2) is 24.6 Å². The van der Waals surface area contributed by atoms with E-state index in [9.17, 15) is 9.59 Å². The summed E-state index contributed by atoms with van der Waals surface area (Å²) in [7, 11) is 0. The van der Waals surface area contributed by atoms with Crippen molar-refractivity contribution in [3.63, 3.8) is 0 Å². The third-order valence-corrected chi connectivity index (χ3v) is 6.38. The van der Waals surface area contributed by atoms with Gasteiger partial charge >= 0.3 is 11.9 Å². The van der Waals surface area contributed by atoms with Crippen molar-refractivity contribution >= 4 is 11.9 Å². The Morgan fingerprint density at radius 3 is 2.09 bits per heavy atom. The highest BCUT2D eigenvalue weighted by molar-refractivity contribution is 5.76. The van der Waals surface area contributed by atoms with Gasteiger partial charge < -0.3 is 9.47 Å². The first kappa shape index (κ1) is 16.8. The van der Waals surface area contributed by atoms with Crippen molar-refractivity contribution in [2.75, 3.05) is 6.61 Å². The molecule has 4 rings (SSSR count). The van der Waals surface area contributed by atoms with Crippen LogP contribution in [0.2, 0.25) is 0 Å². The third kappa shape index (κ3) is 3.56. The number of esters is 2. The lowest BCUT2D eigenvalue weighted by atomic mass is 9.55. The largest absolute Gasteiger partial charge is 0.465 e. The van der Waals surface area contributed by atoms with E-state index in [1.54, 1.807) is 0 Å². The molecule has 130 valence electrons.